The van der Waals surface area contributed by atoms with Crippen molar-refractivity contribution in [1.82, 2.24) is 14.0 Å². The van der Waals surface area contributed by atoms with Crippen LogP contribution >= 0.6 is 0 Å². The molecule has 14 heavy (non-hydrogen) atoms. The molecular weight excluding hydrogens is 182 g/mol. The van der Waals surface area contributed by atoms with E-state index in [0.717, 1.165) is 11.5 Å². The molecule has 1 atom stereocenters. The van der Waals surface area contributed by atoms with Crippen LogP contribution in [0.2, 0.25) is 0 Å². The summed E-state index contributed by atoms with van der Waals surface area (Å²) in [4.78, 5) is 14.9. The molecule has 0 saturated heterocycles. The Morgan fingerprint density at radius 3 is 2.93 bits per heavy atom. The number of aliphatic carboxylic acids is 1. The van der Waals surface area contributed by atoms with E-state index in [4.69, 9.17) is 5.11 Å². The Labute approximate surface area is 80.6 Å². The molecule has 0 amide bonds. The summed E-state index contributed by atoms with van der Waals surface area (Å²) in [5, 5.41) is 8.88. The van der Waals surface area contributed by atoms with Crippen LogP contribution in [0.5, 0.6) is 0 Å². The van der Waals surface area contributed by atoms with Crippen LogP contribution in [-0.4, -0.2) is 25.0 Å². The third kappa shape index (κ3) is 1.09. The minimum absolute atomic E-state index is 0.512. The first kappa shape index (κ1) is 8.80. The Morgan fingerprint density at radius 1 is 1.64 bits per heavy atom. The maximum atomic E-state index is 10.8. The zero-order valence-corrected chi connectivity index (χ0v) is 8.01. The predicted octanol–water partition coefficient (Wildman–Crippen LogP) is 0.861. The number of carboxylic acids is 1. The van der Waals surface area contributed by atoms with Crippen molar-refractivity contribution in [1.29, 1.82) is 0 Å². The summed E-state index contributed by atoms with van der Waals surface area (Å²) < 4.78 is 3.60. The molecule has 2 aromatic heterocycles. The molecule has 0 spiro atoms. The van der Waals surface area contributed by atoms with Crippen LogP contribution in [0.4, 0.5) is 0 Å². The molecule has 0 radical (unpaired) electrons. The fourth-order valence-electron chi connectivity index (χ4n) is 1.54. The lowest BCUT2D eigenvalue weighted by Crippen LogP contribution is -2.11. The molecule has 0 aliphatic carbocycles. The van der Waals surface area contributed by atoms with Crippen LogP contribution < -0.4 is 0 Å². The molecule has 0 aromatic carbocycles. The van der Waals surface area contributed by atoms with Gasteiger partial charge in [-0.3, -0.25) is 9.20 Å². The third-order valence-electron chi connectivity index (χ3n) is 2.42. The van der Waals surface area contributed by atoms with Gasteiger partial charge in [0.2, 0.25) is 5.78 Å². The van der Waals surface area contributed by atoms with E-state index in [1.54, 1.807) is 30.1 Å². The molecule has 0 aliphatic rings. The first-order chi connectivity index (χ1) is 6.61. The molecular formula is C9H11N3O2. The van der Waals surface area contributed by atoms with E-state index in [1.807, 2.05) is 11.4 Å². The van der Waals surface area contributed by atoms with Gasteiger partial charge in [0.1, 0.15) is 0 Å². The molecule has 74 valence electrons. The van der Waals surface area contributed by atoms with E-state index in [1.165, 1.54) is 0 Å². The van der Waals surface area contributed by atoms with Gasteiger partial charge in [0.15, 0.2) is 0 Å². The highest BCUT2D eigenvalue weighted by atomic mass is 16.4. The second-order valence-corrected chi connectivity index (χ2v) is 3.31. The lowest BCUT2D eigenvalue weighted by molar-refractivity contribution is -0.138. The number of rotatable bonds is 2. The van der Waals surface area contributed by atoms with Crippen molar-refractivity contribution in [2.45, 2.75) is 12.8 Å². The van der Waals surface area contributed by atoms with Crippen LogP contribution in [0, 0.1) is 0 Å². The highest BCUT2D eigenvalue weighted by Crippen LogP contribution is 2.17. The topological polar surface area (TPSA) is 59.5 Å². The molecule has 1 unspecified atom stereocenters. The summed E-state index contributed by atoms with van der Waals surface area (Å²) in [5.74, 6) is -0.580. The second-order valence-electron chi connectivity index (χ2n) is 3.31. The molecule has 5 heteroatoms. The predicted molar refractivity (Wildman–Crippen MR) is 50.2 cm³/mol. The van der Waals surface area contributed by atoms with Crippen molar-refractivity contribution in [3.8, 4) is 0 Å². The summed E-state index contributed by atoms with van der Waals surface area (Å²) in [6.07, 6.45) is 5.28. The minimum Gasteiger partial charge on any atom is -0.481 e. The van der Waals surface area contributed by atoms with E-state index in [-0.39, 0.29) is 0 Å². The average Bonchev–Trinajstić information content (AvgIpc) is 2.68. The van der Waals surface area contributed by atoms with Crippen molar-refractivity contribution in [3.05, 3.63) is 24.3 Å². The molecule has 0 bridgehead atoms. The number of hydrogen-bond acceptors (Lipinski definition) is 2. The van der Waals surface area contributed by atoms with Crippen molar-refractivity contribution < 1.29 is 9.90 Å². The summed E-state index contributed by atoms with van der Waals surface area (Å²) in [6.45, 7) is 1.66. The lowest BCUT2D eigenvalue weighted by atomic mass is 10.1. The first-order valence-corrected chi connectivity index (χ1v) is 4.32. The molecule has 2 aromatic rings. The monoisotopic (exact) mass is 193 g/mol. The molecule has 5 nitrogen and oxygen atoms in total. The van der Waals surface area contributed by atoms with Crippen molar-refractivity contribution in [2.75, 3.05) is 0 Å². The maximum absolute atomic E-state index is 10.8. The van der Waals surface area contributed by atoms with Gasteiger partial charge < -0.3 is 9.67 Å². The Hall–Kier alpha value is -1.78. The van der Waals surface area contributed by atoms with Gasteiger partial charge in [-0.2, -0.15) is 0 Å². The first-order valence-electron chi connectivity index (χ1n) is 4.32. The fraction of sp³-hybridized carbons (Fsp3) is 0.333. The zero-order chi connectivity index (χ0) is 10.3. The van der Waals surface area contributed by atoms with Crippen LogP contribution in [0.1, 0.15) is 18.5 Å². The standard InChI is InChI=1S/C9H11N3O2/c1-6(8(13)14)7-5-12-4-3-10-9(12)11(7)2/h3-6H,1-2H3,(H,13,14). The smallest absolute Gasteiger partial charge is 0.312 e. The Kier molecular flexibility index (Phi) is 1.80. The van der Waals surface area contributed by atoms with Gasteiger partial charge in [0.05, 0.1) is 11.6 Å². The number of aryl methyl sites for hydroxylation is 1. The molecule has 2 rings (SSSR count). The molecule has 1 N–H and O–H groups in total. The summed E-state index contributed by atoms with van der Waals surface area (Å²) in [6, 6.07) is 0. The van der Waals surface area contributed by atoms with Gasteiger partial charge in [-0.15, -0.1) is 0 Å². The van der Waals surface area contributed by atoms with Gasteiger partial charge in [0, 0.05) is 25.6 Å². The summed E-state index contributed by atoms with van der Waals surface area (Å²) >= 11 is 0. The van der Waals surface area contributed by atoms with Crippen LogP contribution in [0.15, 0.2) is 18.6 Å². The van der Waals surface area contributed by atoms with Crippen molar-refractivity contribution in [3.63, 3.8) is 0 Å². The Bertz CT molecular complexity index is 483. The van der Waals surface area contributed by atoms with Crippen molar-refractivity contribution >= 4 is 11.7 Å². The summed E-state index contributed by atoms with van der Waals surface area (Å²) in [7, 11) is 1.82. The zero-order valence-electron chi connectivity index (χ0n) is 8.01. The summed E-state index contributed by atoms with van der Waals surface area (Å²) in [5.41, 5.74) is 0.751. The quantitative estimate of drug-likeness (QED) is 0.769. The number of nitrogens with zero attached hydrogens (tertiary/aromatic N) is 3. The van der Waals surface area contributed by atoms with Gasteiger partial charge >= 0.3 is 5.97 Å². The molecule has 0 fully saturated rings. The largest absolute Gasteiger partial charge is 0.481 e. The minimum atomic E-state index is -0.825. The number of hydrogen-bond donors (Lipinski definition) is 1. The van der Waals surface area contributed by atoms with E-state index >= 15 is 0 Å². The SMILES string of the molecule is CC(C(=O)O)c1cn2ccnc2n1C. The fourth-order valence-corrected chi connectivity index (χ4v) is 1.54. The molecule has 0 aliphatic heterocycles. The number of carboxylic acid groups (broad SMARTS) is 1. The normalized spacial score (nSPS) is 13.3. The van der Waals surface area contributed by atoms with E-state index in [9.17, 15) is 4.79 Å². The van der Waals surface area contributed by atoms with E-state index in [0.29, 0.717) is 0 Å². The highest BCUT2D eigenvalue weighted by molar-refractivity contribution is 5.75. The Balaban J connectivity index is 2.57. The van der Waals surface area contributed by atoms with Gasteiger partial charge in [-0.1, -0.05) is 0 Å². The average molecular weight is 193 g/mol. The van der Waals surface area contributed by atoms with E-state index in [2.05, 4.69) is 4.98 Å². The lowest BCUT2D eigenvalue weighted by Gasteiger charge is -2.05. The molecule has 0 saturated carbocycles. The van der Waals surface area contributed by atoms with Crippen LogP contribution in [0.3, 0.4) is 0 Å². The number of imidazole rings is 2. The highest BCUT2D eigenvalue weighted by Gasteiger charge is 2.18. The van der Waals surface area contributed by atoms with Gasteiger partial charge in [-0.25, -0.2) is 4.98 Å². The van der Waals surface area contributed by atoms with Crippen molar-refractivity contribution in [2.24, 2.45) is 7.05 Å². The van der Waals surface area contributed by atoms with Gasteiger partial charge in [0.25, 0.3) is 0 Å². The Morgan fingerprint density at radius 2 is 2.36 bits per heavy atom. The third-order valence-corrected chi connectivity index (χ3v) is 2.42. The number of carbonyl (C=O) groups is 1. The van der Waals surface area contributed by atoms with E-state index < -0.39 is 11.9 Å². The van der Waals surface area contributed by atoms with Gasteiger partial charge in [-0.05, 0) is 6.92 Å². The van der Waals surface area contributed by atoms with Crippen LogP contribution in [-0.2, 0) is 11.8 Å². The number of fused-ring (bicyclic) bond motifs is 1. The number of aromatic nitrogens is 3. The second kappa shape index (κ2) is 2.87. The van der Waals surface area contributed by atoms with Crippen LogP contribution in [0.25, 0.3) is 5.78 Å². The molecule has 2 heterocycles. The maximum Gasteiger partial charge on any atom is 0.312 e.